The van der Waals surface area contributed by atoms with Gasteiger partial charge in [0.1, 0.15) is 12.4 Å². The summed E-state index contributed by atoms with van der Waals surface area (Å²) < 4.78 is 9.12. The van der Waals surface area contributed by atoms with Crippen molar-refractivity contribution in [2.75, 3.05) is 16.5 Å². The van der Waals surface area contributed by atoms with Crippen LogP contribution in [0.25, 0.3) is 31.4 Å². The van der Waals surface area contributed by atoms with E-state index in [4.69, 9.17) is 9.72 Å². The van der Waals surface area contributed by atoms with Crippen LogP contribution in [0.5, 0.6) is 10.8 Å². The summed E-state index contributed by atoms with van der Waals surface area (Å²) in [7, 11) is 0. The number of ether oxygens (including phenoxy) is 1. The second-order valence-electron chi connectivity index (χ2n) is 12.2. The summed E-state index contributed by atoms with van der Waals surface area (Å²) in [5.41, 5.74) is 8.13. The second-order valence-corrected chi connectivity index (χ2v) is 14.1. The number of hydrogen-bond acceptors (Lipinski definition) is 6. The molecule has 0 unspecified atom stereocenters. The molecule has 8 rings (SSSR count). The summed E-state index contributed by atoms with van der Waals surface area (Å²) in [5, 5.41) is 5.49. The lowest BCUT2D eigenvalue weighted by Gasteiger charge is -2.22. The molecule has 0 saturated heterocycles. The average molecular weight is 610 g/mol. The van der Waals surface area contributed by atoms with Gasteiger partial charge in [0.25, 0.3) is 0 Å². The summed E-state index contributed by atoms with van der Waals surface area (Å²) in [5.74, 6) is 0.820. The lowest BCUT2D eigenvalue weighted by molar-refractivity contribution is 0.497. The Labute approximate surface area is 265 Å². The van der Waals surface area contributed by atoms with E-state index in [1.165, 1.54) is 42.8 Å². The maximum atomic E-state index is 6.62. The molecule has 216 valence electrons. The van der Waals surface area contributed by atoms with Gasteiger partial charge >= 0.3 is 0 Å². The van der Waals surface area contributed by atoms with Gasteiger partial charge < -0.3 is 14.5 Å². The standard InChI is InChI=1S/C38H31N3OS2/c1-38(2,3)25-16-18-39-32(20-25)30-22-35-29(17-19-43-35)37-31(30)23-36(44-37)42-28-13-9-12-27(21-28)41-24-40(26-10-5-4-6-11-26)33-14-7-8-15-34(33)41/h4-23H,24H2,1-3H3. The number of fused-ring (bicyclic) bond motifs is 4. The third-order valence-corrected chi connectivity index (χ3v) is 10.2. The van der Waals surface area contributed by atoms with E-state index in [0.717, 1.165) is 34.4 Å². The van der Waals surface area contributed by atoms with Crippen molar-refractivity contribution in [2.45, 2.75) is 26.2 Å². The minimum Gasteiger partial charge on any atom is -0.447 e. The smallest absolute Gasteiger partial charge is 0.182 e. The number of pyridine rings is 1. The normalized spacial score (nSPS) is 13.2. The number of rotatable bonds is 5. The maximum Gasteiger partial charge on any atom is 0.182 e. The first-order valence-electron chi connectivity index (χ1n) is 14.8. The number of para-hydroxylation sites is 3. The number of benzene rings is 4. The van der Waals surface area contributed by atoms with Crippen molar-refractivity contribution in [3.05, 3.63) is 126 Å². The van der Waals surface area contributed by atoms with E-state index in [1.807, 2.05) is 12.3 Å². The van der Waals surface area contributed by atoms with Gasteiger partial charge in [-0.2, -0.15) is 0 Å². The fourth-order valence-corrected chi connectivity index (χ4v) is 7.98. The SMILES string of the molecule is CC(C)(C)c1ccnc(-c2cc3sccc3c3sc(Oc4cccc(N5CN(c6ccccc6)c6ccccc65)c4)cc23)c1. The van der Waals surface area contributed by atoms with Crippen LogP contribution in [0.2, 0.25) is 0 Å². The van der Waals surface area contributed by atoms with Gasteiger partial charge in [0.05, 0.1) is 17.1 Å². The molecule has 4 aromatic carbocycles. The quantitative estimate of drug-likeness (QED) is 0.194. The molecule has 0 bridgehead atoms. The van der Waals surface area contributed by atoms with Crippen molar-refractivity contribution >= 4 is 65.6 Å². The molecule has 0 radical (unpaired) electrons. The molecule has 0 N–H and O–H groups in total. The lowest BCUT2D eigenvalue weighted by Crippen LogP contribution is -2.23. The minimum absolute atomic E-state index is 0.0474. The Hall–Kier alpha value is -4.65. The zero-order chi connectivity index (χ0) is 29.8. The van der Waals surface area contributed by atoms with Gasteiger partial charge in [0, 0.05) is 55.4 Å². The van der Waals surface area contributed by atoms with Gasteiger partial charge in [0.15, 0.2) is 5.06 Å². The first-order valence-corrected chi connectivity index (χ1v) is 16.5. The van der Waals surface area contributed by atoms with Gasteiger partial charge in [-0.25, -0.2) is 0 Å². The average Bonchev–Trinajstić information content (AvgIpc) is 3.78. The molecule has 4 nitrogen and oxygen atoms in total. The number of thiophene rings is 2. The molecule has 0 aliphatic carbocycles. The first-order chi connectivity index (χ1) is 21.4. The molecule has 0 saturated carbocycles. The Morgan fingerprint density at radius 1 is 0.727 bits per heavy atom. The highest BCUT2D eigenvalue weighted by Crippen LogP contribution is 2.47. The predicted octanol–water partition coefficient (Wildman–Crippen LogP) is 11.5. The molecule has 0 fully saturated rings. The molecule has 6 heteroatoms. The zero-order valence-electron chi connectivity index (χ0n) is 24.8. The molecular formula is C38H31N3OS2. The van der Waals surface area contributed by atoms with Crippen molar-refractivity contribution in [1.82, 2.24) is 4.98 Å². The van der Waals surface area contributed by atoms with Crippen LogP contribution in [0.3, 0.4) is 0 Å². The Morgan fingerprint density at radius 3 is 2.27 bits per heavy atom. The number of nitrogens with zero attached hydrogens (tertiary/aromatic N) is 3. The minimum atomic E-state index is 0.0474. The van der Waals surface area contributed by atoms with Gasteiger partial charge in [-0.3, -0.25) is 4.98 Å². The van der Waals surface area contributed by atoms with Gasteiger partial charge in [0.2, 0.25) is 0 Å². The summed E-state index contributed by atoms with van der Waals surface area (Å²) in [4.78, 5) is 9.52. The van der Waals surface area contributed by atoms with Crippen molar-refractivity contribution in [3.63, 3.8) is 0 Å². The molecular weight excluding hydrogens is 579 g/mol. The van der Waals surface area contributed by atoms with Gasteiger partial charge in [-0.05, 0) is 77.0 Å². The van der Waals surface area contributed by atoms with Crippen molar-refractivity contribution in [1.29, 1.82) is 0 Å². The highest BCUT2D eigenvalue weighted by atomic mass is 32.1. The van der Waals surface area contributed by atoms with Crippen LogP contribution in [0.1, 0.15) is 26.3 Å². The van der Waals surface area contributed by atoms with E-state index in [9.17, 15) is 0 Å². The summed E-state index contributed by atoms with van der Waals surface area (Å²) in [6.45, 7) is 7.47. The molecule has 1 aliphatic rings. The Bertz CT molecular complexity index is 2140. The van der Waals surface area contributed by atoms with Crippen LogP contribution in [0.15, 0.2) is 121 Å². The number of aromatic nitrogens is 1. The molecule has 1 aliphatic heterocycles. The summed E-state index contributed by atoms with van der Waals surface area (Å²) in [6, 6.07) is 38.6. The topological polar surface area (TPSA) is 28.6 Å². The molecule has 0 spiro atoms. The monoisotopic (exact) mass is 609 g/mol. The molecule has 7 aromatic rings. The van der Waals surface area contributed by atoms with Crippen molar-refractivity contribution in [3.8, 4) is 22.1 Å². The summed E-state index contributed by atoms with van der Waals surface area (Å²) >= 11 is 3.48. The Balaban J connectivity index is 1.16. The fourth-order valence-electron chi connectivity index (χ4n) is 6.00. The number of anilines is 4. The largest absolute Gasteiger partial charge is 0.447 e. The van der Waals surface area contributed by atoms with E-state index in [1.54, 1.807) is 22.7 Å². The fraction of sp³-hybridized carbons (Fsp3) is 0.132. The van der Waals surface area contributed by atoms with E-state index in [0.29, 0.717) is 0 Å². The van der Waals surface area contributed by atoms with Crippen LogP contribution in [0.4, 0.5) is 22.7 Å². The summed E-state index contributed by atoms with van der Waals surface area (Å²) in [6.07, 6.45) is 1.94. The van der Waals surface area contributed by atoms with Gasteiger partial charge in [-0.1, -0.05) is 68.5 Å². The third kappa shape index (κ3) is 4.71. The number of hydrogen-bond donors (Lipinski definition) is 0. The Kier molecular flexibility index (Phi) is 6.43. The highest BCUT2D eigenvalue weighted by molar-refractivity contribution is 7.23. The Morgan fingerprint density at radius 2 is 1.48 bits per heavy atom. The van der Waals surface area contributed by atoms with Crippen LogP contribution in [0, 0.1) is 0 Å². The van der Waals surface area contributed by atoms with E-state index >= 15 is 0 Å². The van der Waals surface area contributed by atoms with Crippen molar-refractivity contribution < 1.29 is 4.74 Å². The van der Waals surface area contributed by atoms with Crippen LogP contribution in [-0.4, -0.2) is 11.7 Å². The van der Waals surface area contributed by atoms with Crippen LogP contribution in [-0.2, 0) is 5.41 Å². The van der Waals surface area contributed by atoms with Crippen molar-refractivity contribution in [2.24, 2.45) is 0 Å². The van der Waals surface area contributed by atoms with Crippen LogP contribution >= 0.6 is 22.7 Å². The molecule has 4 heterocycles. The highest BCUT2D eigenvalue weighted by Gasteiger charge is 2.28. The van der Waals surface area contributed by atoms with E-state index in [-0.39, 0.29) is 5.41 Å². The second kappa shape index (κ2) is 10.5. The molecule has 0 amide bonds. The maximum absolute atomic E-state index is 6.62. The lowest BCUT2D eigenvalue weighted by atomic mass is 9.87. The third-order valence-electron chi connectivity index (χ3n) is 8.28. The predicted molar refractivity (Wildman–Crippen MR) is 188 cm³/mol. The van der Waals surface area contributed by atoms with E-state index < -0.39 is 0 Å². The van der Waals surface area contributed by atoms with Crippen LogP contribution < -0.4 is 14.5 Å². The molecule has 0 atom stereocenters. The van der Waals surface area contributed by atoms with Gasteiger partial charge in [-0.15, -0.1) is 11.3 Å². The zero-order valence-corrected chi connectivity index (χ0v) is 26.5. The molecule has 44 heavy (non-hydrogen) atoms. The molecule has 3 aromatic heterocycles. The first kappa shape index (κ1) is 26.9. The van der Waals surface area contributed by atoms with E-state index in [2.05, 4.69) is 139 Å².